The maximum Gasteiger partial charge on any atom is 0.308 e. The van der Waals surface area contributed by atoms with Crippen LogP contribution in [0.15, 0.2) is 0 Å². The molecule has 0 aromatic rings. The van der Waals surface area contributed by atoms with E-state index in [0.717, 1.165) is 25.8 Å². The van der Waals surface area contributed by atoms with Crippen LogP contribution in [0.2, 0.25) is 0 Å². The van der Waals surface area contributed by atoms with Crippen molar-refractivity contribution in [2.24, 2.45) is 17.8 Å². The topological polar surface area (TPSA) is 87.7 Å². The number of aliphatic carboxylic acids is 1. The minimum absolute atomic E-state index is 0.0469. The van der Waals surface area contributed by atoms with Gasteiger partial charge in [-0.15, -0.1) is 0 Å². The lowest BCUT2D eigenvalue weighted by atomic mass is 9.84. The molecule has 20 heavy (non-hydrogen) atoms. The quantitative estimate of drug-likeness (QED) is 0.674. The summed E-state index contributed by atoms with van der Waals surface area (Å²) in [6, 6.07) is -0.131. The Morgan fingerprint density at radius 1 is 1.30 bits per heavy atom. The third kappa shape index (κ3) is 2.67. The molecular formula is C14H22N2O4. The number of carbonyl (C=O) groups is 2. The van der Waals surface area contributed by atoms with E-state index in [-0.39, 0.29) is 23.9 Å². The number of hydrogen-bond acceptors (Lipinski definition) is 4. The van der Waals surface area contributed by atoms with Gasteiger partial charge in [-0.3, -0.25) is 9.59 Å². The molecule has 2 bridgehead atoms. The Morgan fingerprint density at radius 2 is 2.10 bits per heavy atom. The van der Waals surface area contributed by atoms with Crippen LogP contribution in [0.1, 0.15) is 25.7 Å². The molecule has 112 valence electrons. The second-order valence-corrected chi connectivity index (χ2v) is 6.22. The van der Waals surface area contributed by atoms with Crippen LogP contribution in [0, 0.1) is 17.8 Å². The summed E-state index contributed by atoms with van der Waals surface area (Å²) in [6.07, 6.45) is 3.35. The highest BCUT2D eigenvalue weighted by Gasteiger charge is 2.51. The summed E-state index contributed by atoms with van der Waals surface area (Å²) in [6.45, 7) is 2.00. The molecule has 1 heterocycles. The van der Waals surface area contributed by atoms with E-state index in [1.165, 1.54) is 0 Å². The lowest BCUT2D eigenvalue weighted by molar-refractivity contribution is -0.144. The van der Waals surface area contributed by atoms with E-state index in [1.807, 2.05) is 0 Å². The third-order valence-corrected chi connectivity index (χ3v) is 4.96. The van der Waals surface area contributed by atoms with E-state index >= 15 is 0 Å². The lowest BCUT2D eigenvalue weighted by Gasteiger charge is -2.30. The molecule has 1 amide bonds. The van der Waals surface area contributed by atoms with E-state index in [4.69, 9.17) is 4.74 Å². The van der Waals surface area contributed by atoms with Crippen molar-refractivity contribution in [3.05, 3.63) is 0 Å². The van der Waals surface area contributed by atoms with Gasteiger partial charge in [0.1, 0.15) is 0 Å². The van der Waals surface area contributed by atoms with Gasteiger partial charge < -0.3 is 20.5 Å². The smallest absolute Gasteiger partial charge is 0.308 e. The SMILES string of the molecule is O=C(CC1COCCN1)NC1C2CCC(C2)C1C(=O)O. The first-order chi connectivity index (χ1) is 9.65. The van der Waals surface area contributed by atoms with E-state index in [9.17, 15) is 14.7 Å². The molecule has 1 aliphatic heterocycles. The third-order valence-electron chi connectivity index (χ3n) is 4.96. The van der Waals surface area contributed by atoms with Crippen molar-refractivity contribution >= 4 is 11.9 Å². The Morgan fingerprint density at radius 3 is 2.80 bits per heavy atom. The summed E-state index contributed by atoms with van der Waals surface area (Å²) in [5.74, 6) is -0.619. The summed E-state index contributed by atoms with van der Waals surface area (Å²) in [5.41, 5.74) is 0. The van der Waals surface area contributed by atoms with Crippen LogP contribution in [-0.4, -0.2) is 48.8 Å². The number of carbonyl (C=O) groups excluding carboxylic acids is 1. The van der Waals surface area contributed by atoms with Crippen LogP contribution in [-0.2, 0) is 14.3 Å². The standard InChI is InChI=1S/C14H22N2O4/c17-11(6-10-7-20-4-3-15-10)16-13-9-2-1-8(5-9)12(13)14(18)19/h8-10,12-13,15H,1-7H2,(H,16,17)(H,18,19). The van der Waals surface area contributed by atoms with Crippen molar-refractivity contribution in [1.29, 1.82) is 0 Å². The maximum absolute atomic E-state index is 12.1. The Bertz CT molecular complexity index is 395. The Balaban J connectivity index is 1.56. The second kappa shape index (κ2) is 5.69. The summed E-state index contributed by atoms with van der Waals surface area (Å²) >= 11 is 0. The Hall–Kier alpha value is -1.14. The number of morpholine rings is 1. The minimum Gasteiger partial charge on any atom is -0.481 e. The van der Waals surface area contributed by atoms with Gasteiger partial charge in [-0.05, 0) is 31.1 Å². The number of nitrogens with one attached hydrogen (secondary N) is 2. The Labute approximate surface area is 118 Å². The summed E-state index contributed by atoms with van der Waals surface area (Å²) in [4.78, 5) is 23.5. The molecule has 3 aliphatic rings. The number of fused-ring (bicyclic) bond motifs is 2. The van der Waals surface area contributed by atoms with Gasteiger partial charge in [0.05, 0.1) is 19.1 Å². The highest BCUT2D eigenvalue weighted by molar-refractivity contribution is 5.79. The fourth-order valence-electron chi connectivity index (χ4n) is 4.07. The molecule has 3 N–H and O–H groups in total. The van der Waals surface area contributed by atoms with Crippen molar-refractivity contribution in [1.82, 2.24) is 10.6 Å². The van der Waals surface area contributed by atoms with Crippen molar-refractivity contribution in [3.63, 3.8) is 0 Å². The average molecular weight is 282 g/mol. The number of carboxylic acids is 1. The van der Waals surface area contributed by atoms with Crippen LogP contribution >= 0.6 is 0 Å². The van der Waals surface area contributed by atoms with Gasteiger partial charge in [0.2, 0.25) is 5.91 Å². The number of ether oxygens (including phenoxy) is 1. The molecule has 5 unspecified atom stereocenters. The molecule has 6 heteroatoms. The zero-order valence-electron chi connectivity index (χ0n) is 11.5. The van der Waals surface area contributed by atoms with Gasteiger partial charge in [-0.25, -0.2) is 0 Å². The molecule has 3 fully saturated rings. The van der Waals surface area contributed by atoms with Crippen LogP contribution in [0.5, 0.6) is 0 Å². The van der Waals surface area contributed by atoms with Crippen molar-refractivity contribution in [2.75, 3.05) is 19.8 Å². The first kappa shape index (κ1) is 13.8. The molecule has 3 rings (SSSR count). The fraction of sp³-hybridized carbons (Fsp3) is 0.857. The number of carboxylic acid groups (broad SMARTS) is 1. The molecule has 2 saturated carbocycles. The van der Waals surface area contributed by atoms with Crippen molar-refractivity contribution < 1.29 is 19.4 Å². The molecule has 0 aromatic carbocycles. The van der Waals surface area contributed by atoms with Gasteiger partial charge >= 0.3 is 5.97 Å². The molecule has 1 saturated heterocycles. The molecule has 5 atom stereocenters. The van der Waals surface area contributed by atoms with Gasteiger partial charge in [-0.1, -0.05) is 0 Å². The summed E-state index contributed by atoms with van der Waals surface area (Å²) in [7, 11) is 0. The fourth-order valence-corrected chi connectivity index (χ4v) is 4.07. The normalized spacial score (nSPS) is 39.7. The number of amides is 1. The Kier molecular flexibility index (Phi) is 3.94. The van der Waals surface area contributed by atoms with E-state index in [1.54, 1.807) is 0 Å². The summed E-state index contributed by atoms with van der Waals surface area (Å²) < 4.78 is 5.33. The minimum atomic E-state index is -0.762. The van der Waals surface area contributed by atoms with E-state index in [2.05, 4.69) is 10.6 Å². The molecule has 0 radical (unpaired) electrons. The van der Waals surface area contributed by atoms with Gasteiger partial charge in [0.25, 0.3) is 0 Å². The average Bonchev–Trinajstić information content (AvgIpc) is 3.00. The highest BCUT2D eigenvalue weighted by Crippen LogP contribution is 2.48. The number of hydrogen-bond donors (Lipinski definition) is 3. The van der Waals surface area contributed by atoms with Gasteiger partial charge in [-0.2, -0.15) is 0 Å². The highest BCUT2D eigenvalue weighted by atomic mass is 16.5. The molecule has 0 spiro atoms. The van der Waals surface area contributed by atoms with Gasteiger partial charge in [0, 0.05) is 25.0 Å². The molecule has 6 nitrogen and oxygen atoms in total. The van der Waals surface area contributed by atoms with Crippen LogP contribution in [0.25, 0.3) is 0 Å². The van der Waals surface area contributed by atoms with Gasteiger partial charge in [0.15, 0.2) is 0 Å². The molecular weight excluding hydrogens is 260 g/mol. The first-order valence-corrected chi connectivity index (χ1v) is 7.48. The summed E-state index contributed by atoms with van der Waals surface area (Å²) in [5, 5.41) is 15.6. The number of rotatable bonds is 4. The largest absolute Gasteiger partial charge is 0.481 e. The predicted octanol–water partition coefficient (Wildman–Crippen LogP) is -0.0196. The lowest BCUT2D eigenvalue weighted by Crippen LogP contribution is -2.50. The van der Waals surface area contributed by atoms with Crippen LogP contribution in [0.3, 0.4) is 0 Å². The van der Waals surface area contributed by atoms with E-state index < -0.39 is 11.9 Å². The van der Waals surface area contributed by atoms with E-state index in [0.29, 0.717) is 25.6 Å². The zero-order valence-corrected chi connectivity index (χ0v) is 11.5. The molecule has 2 aliphatic carbocycles. The van der Waals surface area contributed by atoms with Crippen LogP contribution < -0.4 is 10.6 Å². The zero-order chi connectivity index (χ0) is 14.1. The van der Waals surface area contributed by atoms with Crippen LogP contribution in [0.4, 0.5) is 0 Å². The monoisotopic (exact) mass is 282 g/mol. The van der Waals surface area contributed by atoms with Crippen molar-refractivity contribution in [2.45, 2.75) is 37.8 Å². The van der Waals surface area contributed by atoms with Crippen molar-refractivity contribution in [3.8, 4) is 0 Å². The predicted molar refractivity (Wildman–Crippen MR) is 71.1 cm³/mol. The second-order valence-electron chi connectivity index (χ2n) is 6.22. The molecule has 0 aromatic heterocycles. The maximum atomic E-state index is 12.1. The first-order valence-electron chi connectivity index (χ1n) is 7.48.